The second-order valence-corrected chi connectivity index (χ2v) is 15.8. The number of aromatic nitrogens is 4. The van der Waals surface area contributed by atoms with Crippen LogP contribution in [0.25, 0.3) is 33.6 Å². The molecule has 4 amide bonds. The number of carbonyl (C=O) groups is 4. The highest BCUT2D eigenvalue weighted by atomic mass is 16.5. The number of hydrogen-bond acceptors (Lipinski definition) is 9. The first-order valence-electron chi connectivity index (χ1n) is 19.8. The molecule has 15 nitrogen and oxygen atoms in total. The number of nitrogens with zero attached hydrogens (tertiary/aromatic N) is 6. The van der Waals surface area contributed by atoms with E-state index in [0.29, 0.717) is 24.7 Å². The highest BCUT2D eigenvalue weighted by molar-refractivity contribution is 5.97. The zero-order valence-electron chi connectivity index (χ0n) is 33.6. The van der Waals surface area contributed by atoms with Crippen molar-refractivity contribution >= 4 is 36.4 Å². The minimum atomic E-state index is -0.861. The molecule has 2 saturated heterocycles. The van der Waals surface area contributed by atoms with Gasteiger partial charge in [0.25, 0.3) is 0 Å². The van der Waals surface area contributed by atoms with E-state index in [4.69, 9.17) is 9.97 Å². The first kappa shape index (κ1) is 40.2. The molecule has 2 unspecified atom stereocenters. The smallest absolute Gasteiger partial charge is 0.432 e. The number of methoxy groups -OCH3 is 2. The molecule has 15 heteroatoms. The molecule has 3 N–H and O–H groups in total. The summed E-state index contributed by atoms with van der Waals surface area (Å²) in [5.41, 5.74) is 6.71. The molecule has 4 heterocycles. The van der Waals surface area contributed by atoms with Crippen LogP contribution in [0.3, 0.4) is 0 Å². The molecule has 4 atom stereocenters. The second kappa shape index (κ2) is 16.9. The number of carbonyl (C=O) groups excluding carboxylic acids is 4. The fourth-order valence-electron chi connectivity index (χ4n) is 8.32. The number of likely N-dealkylation sites (tertiary alicyclic amines) is 2. The zero-order valence-corrected chi connectivity index (χ0v) is 33.6. The average molecular weight is 791 g/mol. The number of aliphatic imine (C=N–C) groups is 2. The van der Waals surface area contributed by atoms with Crippen LogP contribution in [0, 0.1) is 23.7 Å². The lowest BCUT2D eigenvalue weighted by Crippen LogP contribution is -2.39. The summed E-state index contributed by atoms with van der Waals surface area (Å²) in [6.45, 7) is 8.83. The number of H-pyrrole nitrogens is 2. The third-order valence-electron chi connectivity index (χ3n) is 11.5. The third-order valence-corrected chi connectivity index (χ3v) is 11.5. The fourth-order valence-corrected chi connectivity index (χ4v) is 8.32. The highest BCUT2D eigenvalue weighted by Crippen LogP contribution is 2.46. The van der Waals surface area contributed by atoms with Gasteiger partial charge >= 0.3 is 12.2 Å². The van der Waals surface area contributed by atoms with Crippen LogP contribution < -0.4 is 0 Å². The maximum absolute atomic E-state index is 13.7. The van der Waals surface area contributed by atoms with E-state index in [-0.39, 0.29) is 35.7 Å². The van der Waals surface area contributed by atoms with Crippen molar-refractivity contribution in [1.29, 1.82) is 0 Å². The van der Waals surface area contributed by atoms with Crippen molar-refractivity contribution in [1.82, 2.24) is 29.7 Å². The molecule has 1 aliphatic carbocycles. The van der Waals surface area contributed by atoms with Gasteiger partial charge in [-0.3, -0.25) is 9.59 Å². The molecule has 3 aliphatic rings. The monoisotopic (exact) mass is 790 g/mol. The molecule has 4 aromatic rings. The van der Waals surface area contributed by atoms with Gasteiger partial charge < -0.3 is 34.3 Å². The highest BCUT2D eigenvalue weighted by Gasteiger charge is 2.38. The first-order valence-corrected chi connectivity index (χ1v) is 19.8. The summed E-state index contributed by atoms with van der Waals surface area (Å²) in [4.78, 5) is 78.3. The van der Waals surface area contributed by atoms with Crippen molar-refractivity contribution in [3.63, 3.8) is 0 Å². The maximum atomic E-state index is 13.7. The Kier molecular flexibility index (Phi) is 11.7. The molecular formula is C43H50N8O7. The standard InChI is InChI=1S/C43H50N8O7/c1-23(2)31(19-46-42(55)57-5)40(53)50-15-7-9-35(50)38-44-21-33(48-38)25-11-13-27-28-14-12-26(18-30(28)37(52)29(27)17-25)34-22-45-39(49-34)36-10-8-16-51(36)41(54)32(24(3)4)20-47-43(56)58-6/h11-14,17-24,31-32,35-37,52H,7-10,15-16H2,1-6H3,(H,44,48)(H,45,49)/t31?,32?,35-,36-,37?/m0/s1. The van der Waals surface area contributed by atoms with Crippen molar-refractivity contribution in [3.8, 4) is 33.6 Å². The van der Waals surface area contributed by atoms with Crippen LogP contribution in [0.4, 0.5) is 9.59 Å². The lowest BCUT2D eigenvalue weighted by molar-refractivity contribution is -0.136. The molecule has 0 radical (unpaired) electrons. The number of rotatable bonds is 10. The van der Waals surface area contributed by atoms with E-state index >= 15 is 0 Å². The average Bonchev–Trinajstić information content (AvgIpc) is 4.07. The van der Waals surface area contributed by atoms with Crippen molar-refractivity contribution in [3.05, 3.63) is 71.6 Å². The summed E-state index contributed by atoms with van der Waals surface area (Å²) in [7, 11) is 2.50. The van der Waals surface area contributed by atoms with Crippen molar-refractivity contribution in [2.75, 3.05) is 27.3 Å². The van der Waals surface area contributed by atoms with E-state index in [1.54, 1.807) is 12.4 Å². The molecular weight excluding hydrogens is 741 g/mol. The number of ether oxygens (including phenoxy) is 2. The van der Waals surface area contributed by atoms with Crippen LogP contribution in [-0.2, 0) is 19.1 Å². The first-order chi connectivity index (χ1) is 27.9. The molecule has 0 spiro atoms. The van der Waals surface area contributed by atoms with Crippen molar-refractivity contribution in [2.24, 2.45) is 33.7 Å². The molecule has 58 heavy (non-hydrogen) atoms. The SMILES string of the molecule is COC(=O)N=CC(C(=O)N1CCC[C@H]1c1ncc(-c2ccc3c(c2)C(O)c2cc(-c4cnc([C@@H]5CCCN5C(=O)C(C=NC(=O)OC)C(C)C)[nH]4)ccc2-3)[nH]1)C(C)C. The number of imidazole rings is 2. The zero-order chi connectivity index (χ0) is 41.2. The van der Waals surface area contributed by atoms with Gasteiger partial charge in [0.15, 0.2) is 0 Å². The number of benzene rings is 2. The van der Waals surface area contributed by atoms with Gasteiger partial charge in [-0.25, -0.2) is 19.6 Å². The Labute approximate surface area is 337 Å². The van der Waals surface area contributed by atoms with E-state index < -0.39 is 30.1 Å². The van der Waals surface area contributed by atoms with Gasteiger partial charge in [-0.15, -0.1) is 0 Å². The Morgan fingerprint density at radius 2 is 1.14 bits per heavy atom. The molecule has 2 aromatic heterocycles. The predicted octanol–water partition coefficient (Wildman–Crippen LogP) is 7.07. The molecule has 7 rings (SSSR count). The third kappa shape index (κ3) is 7.82. The van der Waals surface area contributed by atoms with Crippen molar-refractivity contribution < 1.29 is 33.8 Å². The molecule has 304 valence electrons. The molecule has 2 aromatic carbocycles. The Balaban J connectivity index is 1.07. The number of aliphatic hydroxyl groups excluding tert-OH is 1. The Hall–Kier alpha value is -5.96. The number of hydrogen-bond donors (Lipinski definition) is 3. The normalized spacial score (nSPS) is 20.0. The molecule has 2 fully saturated rings. The van der Waals surface area contributed by atoms with E-state index in [1.165, 1.54) is 26.6 Å². The van der Waals surface area contributed by atoms with Crippen molar-refractivity contribution in [2.45, 2.75) is 71.6 Å². The van der Waals surface area contributed by atoms with Gasteiger partial charge in [0, 0.05) is 25.5 Å². The summed E-state index contributed by atoms with van der Waals surface area (Å²) in [5, 5.41) is 11.7. The van der Waals surface area contributed by atoms with Crippen LogP contribution in [0.5, 0.6) is 0 Å². The Morgan fingerprint density at radius 1 is 0.724 bits per heavy atom. The molecule has 0 bridgehead atoms. The van der Waals surface area contributed by atoms with Gasteiger partial charge in [-0.2, -0.15) is 9.98 Å². The minimum absolute atomic E-state index is 0.0737. The van der Waals surface area contributed by atoms with E-state index in [2.05, 4.69) is 29.4 Å². The molecule has 0 saturated carbocycles. The van der Waals surface area contributed by atoms with Crippen LogP contribution in [0.2, 0.25) is 0 Å². The van der Waals surface area contributed by atoms with Crippen LogP contribution in [-0.4, -0.2) is 98.6 Å². The van der Waals surface area contributed by atoms with Crippen LogP contribution in [0.15, 0.2) is 58.8 Å². The Bertz CT molecular complexity index is 2100. The van der Waals surface area contributed by atoms with Gasteiger partial charge in [0.2, 0.25) is 11.8 Å². The number of aliphatic hydroxyl groups is 1. The molecule has 2 aliphatic heterocycles. The van der Waals surface area contributed by atoms with Crippen LogP contribution in [0.1, 0.15) is 94.3 Å². The summed E-state index contributed by atoms with van der Waals surface area (Å²) in [6, 6.07) is 11.5. The maximum Gasteiger partial charge on any atom is 0.432 e. The lowest BCUT2D eigenvalue weighted by atomic mass is 9.95. The number of nitrogens with one attached hydrogen (secondary N) is 2. The number of fused-ring (bicyclic) bond motifs is 3. The minimum Gasteiger partial charge on any atom is -0.451 e. The second-order valence-electron chi connectivity index (χ2n) is 15.8. The Morgan fingerprint density at radius 3 is 1.52 bits per heavy atom. The van der Waals surface area contributed by atoms with Gasteiger partial charge in [0.05, 0.1) is 61.9 Å². The van der Waals surface area contributed by atoms with Gasteiger partial charge in [-0.1, -0.05) is 52.0 Å². The number of aromatic amines is 2. The summed E-state index contributed by atoms with van der Waals surface area (Å²) in [5.74, 6) is -0.169. The van der Waals surface area contributed by atoms with E-state index in [1.807, 2.05) is 73.9 Å². The largest absolute Gasteiger partial charge is 0.451 e. The fraction of sp³-hybridized carbons (Fsp3) is 0.442. The summed E-state index contributed by atoms with van der Waals surface area (Å²) >= 11 is 0. The quantitative estimate of drug-likeness (QED) is 0.141. The van der Waals surface area contributed by atoms with E-state index in [0.717, 1.165) is 70.5 Å². The predicted molar refractivity (Wildman–Crippen MR) is 217 cm³/mol. The van der Waals surface area contributed by atoms with Crippen LogP contribution >= 0.6 is 0 Å². The lowest BCUT2D eigenvalue weighted by Gasteiger charge is -2.28. The number of amides is 4. The van der Waals surface area contributed by atoms with Gasteiger partial charge in [-0.05, 0) is 83.0 Å². The summed E-state index contributed by atoms with van der Waals surface area (Å²) < 4.78 is 9.26. The van der Waals surface area contributed by atoms with E-state index in [9.17, 15) is 24.3 Å². The summed E-state index contributed by atoms with van der Waals surface area (Å²) in [6.07, 6.45) is 7.09. The van der Waals surface area contributed by atoms with Gasteiger partial charge in [0.1, 0.15) is 17.8 Å². The topological polar surface area (TPSA) is 196 Å².